The van der Waals surface area contributed by atoms with Crippen molar-refractivity contribution in [2.75, 3.05) is 31.5 Å². The van der Waals surface area contributed by atoms with E-state index in [4.69, 9.17) is 23.8 Å². The topological polar surface area (TPSA) is 52.7 Å². The number of thiocarbonyl (C=S) groups is 1. The van der Waals surface area contributed by atoms with Crippen LogP contribution < -0.4 is 5.32 Å². The first-order valence-corrected chi connectivity index (χ1v) is 10.2. The molecule has 2 aromatic rings. The van der Waals surface area contributed by atoms with Gasteiger partial charge < -0.3 is 10.2 Å². The molecule has 1 saturated heterocycles. The molecule has 0 saturated carbocycles. The highest BCUT2D eigenvalue weighted by atomic mass is 35.5. The summed E-state index contributed by atoms with van der Waals surface area (Å²) in [6.07, 6.45) is 0. The molecule has 0 aliphatic carbocycles. The maximum absolute atomic E-state index is 13.0. The van der Waals surface area contributed by atoms with Gasteiger partial charge in [-0.05, 0) is 60.7 Å². The minimum atomic E-state index is -3.63. The van der Waals surface area contributed by atoms with E-state index in [0.717, 1.165) is 17.8 Å². The molecule has 9 heteroatoms. The molecule has 0 unspecified atom stereocenters. The van der Waals surface area contributed by atoms with Crippen LogP contribution in [0.4, 0.5) is 10.1 Å². The van der Waals surface area contributed by atoms with Crippen LogP contribution in [0.1, 0.15) is 0 Å². The number of hydrogen-bond donors (Lipinski definition) is 1. The predicted molar refractivity (Wildman–Crippen MR) is 104 cm³/mol. The van der Waals surface area contributed by atoms with Crippen LogP contribution in [0, 0.1) is 5.82 Å². The van der Waals surface area contributed by atoms with Gasteiger partial charge in [0.2, 0.25) is 10.0 Å². The number of rotatable bonds is 3. The Morgan fingerprint density at radius 2 is 1.58 bits per heavy atom. The van der Waals surface area contributed by atoms with Gasteiger partial charge in [0.1, 0.15) is 5.82 Å². The number of piperazine rings is 1. The first-order chi connectivity index (χ1) is 12.4. The van der Waals surface area contributed by atoms with E-state index in [0.29, 0.717) is 36.3 Å². The third kappa shape index (κ3) is 4.32. The standard InChI is InChI=1S/C17H17ClFN3O2S2/c18-13-1-5-15(6-2-13)20-17(25)21-9-11-22(12-10-21)26(23,24)16-7-3-14(19)4-8-16/h1-8H,9-12H2,(H,20,25). The highest BCUT2D eigenvalue weighted by Crippen LogP contribution is 2.19. The average Bonchev–Trinajstić information content (AvgIpc) is 2.64. The van der Waals surface area contributed by atoms with Crippen molar-refractivity contribution in [3.8, 4) is 0 Å². The second-order valence-electron chi connectivity index (χ2n) is 5.78. The quantitative estimate of drug-likeness (QED) is 0.783. The molecular formula is C17H17ClFN3O2S2. The van der Waals surface area contributed by atoms with Gasteiger partial charge in [-0.1, -0.05) is 11.6 Å². The molecule has 0 aromatic heterocycles. The van der Waals surface area contributed by atoms with E-state index in [1.165, 1.54) is 16.4 Å². The molecule has 138 valence electrons. The lowest BCUT2D eigenvalue weighted by Crippen LogP contribution is -2.51. The SMILES string of the molecule is O=S(=O)(c1ccc(F)cc1)N1CCN(C(=S)Nc2ccc(Cl)cc2)CC1. The predicted octanol–water partition coefficient (Wildman–Crippen LogP) is 3.18. The summed E-state index contributed by atoms with van der Waals surface area (Å²) in [5, 5.41) is 4.29. The molecule has 2 aromatic carbocycles. The zero-order valence-corrected chi connectivity index (χ0v) is 16.1. The van der Waals surface area contributed by atoms with Gasteiger partial charge in [0.25, 0.3) is 0 Å². The Balaban J connectivity index is 1.60. The summed E-state index contributed by atoms with van der Waals surface area (Å²) >= 11 is 11.3. The fourth-order valence-electron chi connectivity index (χ4n) is 2.62. The third-order valence-electron chi connectivity index (χ3n) is 4.07. The number of nitrogens with zero attached hydrogens (tertiary/aromatic N) is 2. The number of halogens is 2. The molecule has 5 nitrogen and oxygen atoms in total. The molecule has 0 bridgehead atoms. The maximum atomic E-state index is 13.0. The molecule has 1 aliphatic rings. The van der Waals surface area contributed by atoms with E-state index >= 15 is 0 Å². The van der Waals surface area contributed by atoms with Crippen LogP contribution in [0.5, 0.6) is 0 Å². The number of anilines is 1. The smallest absolute Gasteiger partial charge is 0.243 e. The van der Waals surface area contributed by atoms with E-state index in [9.17, 15) is 12.8 Å². The monoisotopic (exact) mass is 413 g/mol. The lowest BCUT2D eigenvalue weighted by Gasteiger charge is -2.35. The van der Waals surface area contributed by atoms with Crippen molar-refractivity contribution < 1.29 is 12.8 Å². The summed E-state index contributed by atoms with van der Waals surface area (Å²) in [6.45, 7) is 1.56. The number of nitrogens with one attached hydrogen (secondary N) is 1. The molecule has 1 N–H and O–H groups in total. The van der Waals surface area contributed by atoms with Gasteiger partial charge in [0.15, 0.2) is 5.11 Å². The summed E-state index contributed by atoms with van der Waals surface area (Å²) in [4.78, 5) is 2.01. The minimum Gasteiger partial charge on any atom is -0.346 e. The normalized spacial score (nSPS) is 15.7. The molecule has 0 radical (unpaired) electrons. The van der Waals surface area contributed by atoms with Crippen molar-refractivity contribution in [2.45, 2.75) is 4.90 Å². The van der Waals surface area contributed by atoms with E-state index in [1.807, 2.05) is 17.0 Å². The highest BCUT2D eigenvalue weighted by Gasteiger charge is 2.29. The van der Waals surface area contributed by atoms with Crippen molar-refractivity contribution in [1.82, 2.24) is 9.21 Å². The van der Waals surface area contributed by atoms with E-state index < -0.39 is 15.8 Å². The zero-order chi connectivity index (χ0) is 18.7. The first-order valence-electron chi connectivity index (χ1n) is 7.93. The fourth-order valence-corrected chi connectivity index (χ4v) is 4.47. The second-order valence-corrected chi connectivity index (χ2v) is 8.54. The Morgan fingerprint density at radius 3 is 2.15 bits per heavy atom. The summed E-state index contributed by atoms with van der Waals surface area (Å²) in [6, 6.07) is 12.0. The van der Waals surface area contributed by atoms with E-state index in [-0.39, 0.29) is 4.90 Å². The van der Waals surface area contributed by atoms with Gasteiger partial charge in [0, 0.05) is 36.9 Å². The molecule has 1 aliphatic heterocycles. The second kappa shape index (κ2) is 7.87. The van der Waals surface area contributed by atoms with E-state index in [1.54, 1.807) is 12.1 Å². The lowest BCUT2D eigenvalue weighted by molar-refractivity contribution is 0.268. The molecule has 0 amide bonds. The average molecular weight is 414 g/mol. The van der Waals surface area contributed by atoms with Crippen LogP contribution in [0.25, 0.3) is 0 Å². The van der Waals surface area contributed by atoms with Crippen LogP contribution >= 0.6 is 23.8 Å². The van der Waals surface area contributed by atoms with Crippen LogP contribution in [0.15, 0.2) is 53.4 Å². The van der Waals surface area contributed by atoms with Crippen molar-refractivity contribution >= 4 is 44.6 Å². The van der Waals surface area contributed by atoms with Crippen LogP contribution in [-0.4, -0.2) is 48.9 Å². The summed E-state index contributed by atoms with van der Waals surface area (Å²) in [7, 11) is -3.63. The van der Waals surface area contributed by atoms with Gasteiger partial charge >= 0.3 is 0 Å². The van der Waals surface area contributed by atoms with Crippen molar-refractivity contribution in [3.05, 3.63) is 59.4 Å². The minimum absolute atomic E-state index is 0.0919. The molecular weight excluding hydrogens is 397 g/mol. The Kier molecular flexibility index (Phi) is 5.76. The van der Waals surface area contributed by atoms with Crippen LogP contribution in [-0.2, 0) is 10.0 Å². The third-order valence-corrected chi connectivity index (χ3v) is 6.60. The number of hydrogen-bond acceptors (Lipinski definition) is 3. The Hall–Kier alpha value is -1.74. The largest absolute Gasteiger partial charge is 0.346 e. The Bertz CT molecular complexity index is 881. The van der Waals surface area contributed by atoms with Crippen molar-refractivity contribution in [1.29, 1.82) is 0 Å². The molecule has 26 heavy (non-hydrogen) atoms. The van der Waals surface area contributed by atoms with Crippen molar-refractivity contribution in [3.63, 3.8) is 0 Å². The lowest BCUT2D eigenvalue weighted by atomic mass is 10.3. The first kappa shape index (κ1) is 19.0. The van der Waals surface area contributed by atoms with Crippen molar-refractivity contribution in [2.24, 2.45) is 0 Å². The molecule has 3 rings (SSSR count). The molecule has 1 fully saturated rings. The summed E-state index contributed by atoms with van der Waals surface area (Å²) in [5.41, 5.74) is 0.820. The maximum Gasteiger partial charge on any atom is 0.243 e. The molecule has 1 heterocycles. The van der Waals surface area contributed by atoms with Gasteiger partial charge in [-0.2, -0.15) is 4.31 Å². The van der Waals surface area contributed by atoms with Crippen LogP contribution in [0.3, 0.4) is 0 Å². The highest BCUT2D eigenvalue weighted by molar-refractivity contribution is 7.89. The van der Waals surface area contributed by atoms with Gasteiger partial charge in [0.05, 0.1) is 4.90 Å². The molecule has 0 spiro atoms. The van der Waals surface area contributed by atoms with Gasteiger partial charge in [-0.25, -0.2) is 12.8 Å². The van der Waals surface area contributed by atoms with Gasteiger partial charge in [-0.3, -0.25) is 0 Å². The number of sulfonamides is 1. The summed E-state index contributed by atoms with van der Waals surface area (Å²) in [5.74, 6) is -0.465. The molecule has 0 atom stereocenters. The van der Waals surface area contributed by atoms with E-state index in [2.05, 4.69) is 5.32 Å². The Labute approximate surface area is 162 Å². The fraction of sp³-hybridized carbons (Fsp3) is 0.235. The van der Waals surface area contributed by atoms with Crippen LogP contribution in [0.2, 0.25) is 5.02 Å². The zero-order valence-electron chi connectivity index (χ0n) is 13.7. The number of benzene rings is 2. The Morgan fingerprint density at radius 1 is 1.00 bits per heavy atom. The van der Waals surface area contributed by atoms with Gasteiger partial charge in [-0.15, -0.1) is 0 Å². The summed E-state index contributed by atoms with van der Waals surface area (Å²) < 4.78 is 39.6.